The third kappa shape index (κ3) is 3.91. The predicted molar refractivity (Wildman–Crippen MR) is 138 cm³/mol. The Hall–Kier alpha value is -2.52. The molecule has 2 aliphatic rings. The van der Waals surface area contributed by atoms with Crippen LogP contribution in [0.25, 0.3) is 32.4 Å². The molecule has 0 saturated carbocycles. The number of likely N-dealkylation sites (N-methyl/N-ethyl adjacent to an activating group) is 1. The maximum Gasteiger partial charge on any atom is 0.227 e. The van der Waals surface area contributed by atoms with E-state index in [1.165, 1.54) is 20.7 Å². The van der Waals surface area contributed by atoms with E-state index in [9.17, 15) is 0 Å². The van der Waals surface area contributed by atoms with E-state index in [4.69, 9.17) is 21.6 Å². The van der Waals surface area contributed by atoms with Crippen molar-refractivity contribution in [1.29, 1.82) is 0 Å². The van der Waals surface area contributed by atoms with Gasteiger partial charge in [0.05, 0.1) is 22.6 Å². The van der Waals surface area contributed by atoms with E-state index in [0.717, 1.165) is 61.6 Å². The van der Waals surface area contributed by atoms with Gasteiger partial charge in [-0.3, -0.25) is 0 Å². The minimum absolute atomic E-state index is 0.441. The third-order valence-electron chi connectivity index (χ3n) is 6.52. The van der Waals surface area contributed by atoms with Crippen molar-refractivity contribution < 1.29 is 0 Å². The summed E-state index contributed by atoms with van der Waals surface area (Å²) in [4.78, 5) is 20.2. The second-order valence-corrected chi connectivity index (χ2v) is 10.5. The number of halogens is 1. The average Bonchev–Trinajstić information content (AvgIpc) is 3.09. The molecular weight excluding hydrogens is 454 g/mol. The Morgan fingerprint density at radius 3 is 2.73 bits per heavy atom. The molecule has 0 radical (unpaired) electrons. The number of nitrogens with zero attached hydrogens (tertiary/aromatic N) is 5. The molecule has 9 heteroatoms. The molecule has 170 valence electrons. The lowest BCUT2D eigenvalue weighted by atomic mass is 10.1. The number of benzene rings is 1. The zero-order valence-corrected chi connectivity index (χ0v) is 20.3. The molecule has 1 saturated heterocycles. The van der Waals surface area contributed by atoms with Gasteiger partial charge in [-0.05, 0) is 38.2 Å². The van der Waals surface area contributed by atoms with E-state index < -0.39 is 0 Å². The molecule has 1 atom stereocenters. The Balaban J connectivity index is 1.41. The molecule has 3 aromatic heterocycles. The van der Waals surface area contributed by atoms with Crippen molar-refractivity contribution >= 4 is 55.6 Å². The minimum Gasteiger partial charge on any atom is -0.382 e. The van der Waals surface area contributed by atoms with Gasteiger partial charge in [-0.15, -0.1) is 11.3 Å². The van der Waals surface area contributed by atoms with Gasteiger partial charge in [-0.25, -0.2) is 15.0 Å². The molecule has 0 amide bonds. The van der Waals surface area contributed by atoms with E-state index >= 15 is 0 Å². The van der Waals surface area contributed by atoms with Crippen molar-refractivity contribution in [3.05, 3.63) is 40.4 Å². The Bertz CT molecular complexity index is 1350. The highest BCUT2D eigenvalue weighted by Crippen LogP contribution is 2.41. The molecule has 7 nitrogen and oxygen atoms in total. The van der Waals surface area contributed by atoms with Crippen LogP contribution >= 0.6 is 22.9 Å². The Kier molecular flexibility index (Phi) is 5.33. The average molecular weight is 480 g/mol. The first-order chi connectivity index (χ1) is 16.0. The predicted octanol–water partition coefficient (Wildman–Crippen LogP) is 4.22. The lowest BCUT2D eigenvalue weighted by Gasteiger charge is -2.32. The van der Waals surface area contributed by atoms with Gasteiger partial charge in [-0.1, -0.05) is 11.6 Å². The van der Waals surface area contributed by atoms with Crippen LogP contribution in [0.4, 0.5) is 11.6 Å². The van der Waals surface area contributed by atoms with Gasteiger partial charge in [0.1, 0.15) is 5.15 Å². The monoisotopic (exact) mass is 479 g/mol. The van der Waals surface area contributed by atoms with E-state index in [1.807, 2.05) is 11.3 Å². The molecule has 6 rings (SSSR count). The zero-order valence-electron chi connectivity index (χ0n) is 18.7. The maximum atomic E-state index is 6.41. The fraction of sp³-hybridized carbons (Fsp3) is 0.375. The summed E-state index contributed by atoms with van der Waals surface area (Å²) in [7, 11) is 2.14. The molecule has 2 N–H and O–H groups in total. The summed E-state index contributed by atoms with van der Waals surface area (Å²) in [5, 5.41) is 10.1. The number of thiophene rings is 1. The second-order valence-electron chi connectivity index (χ2n) is 8.93. The van der Waals surface area contributed by atoms with Gasteiger partial charge in [-0.2, -0.15) is 0 Å². The van der Waals surface area contributed by atoms with E-state index in [2.05, 4.69) is 63.7 Å². The van der Waals surface area contributed by atoms with Crippen molar-refractivity contribution in [2.75, 3.05) is 50.0 Å². The van der Waals surface area contributed by atoms with E-state index in [1.54, 1.807) is 6.07 Å². The van der Waals surface area contributed by atoms with Crippen molar-refractivity contribution in [3.8, 4) is 11.4 Å². The number of nitrogens with one attached hydrogen (secondary N) is 2. The van der Waals surface area contributed by atoms with Crippen LogP contribution in [0.1, 0.15) is 11.8 Å². The van der Waals surface area contributed by atoms with Gasteiger partial charge >= 0.3 is 0 Å². The van der Waals surface area contributed by atoms with Crippen molar-refractivity contribution in [2.45, 2.75) is 19.5 Å². The number of hydrogen-bond donors (Lipinski definition) is 2. The molecule has 4 aromatic rings. The number of pyridine rings is 1. The number of hydrogen-bond acceptors (Lipinski definition) is 8. The van der Waals surface area contributed by atoms with Crippen LogP contribution in [-0.2, 0) is 6.54 Å². The standard InChI is InChI=1S/C24H26ClN7S/c1-14-12-27-23-20(13-26-14)33-19-6-5-16-15(22(19)23)3-4-17(28-16)18-11-21(25)30-24(29-18)32-9-7-31(2)8-10-32/h3-6,11,14,26-27H,7-10,12-13H2,1-2H3/t14-/m1/s1. The lowest BCUT2D eigenvalue weighted by Crippen LogP contribution is -2.45. The van der Waals surface area contributed by atoms with Gasteiger partial charge in [0.25, 0.3) is 0 Å². The highest BCUT2D eigenvalue weighted by molar-refractivity contribution is 7.20. The molecule has 0 spiro atoms. The molecule has 33 heavy (non-hydrogen) atoms. The van der Waals surface area contributed by atoms with Crippen LogP contribution in [-0.4, -0.2) is 65.7 Å². The smallest absolute Gasteiger partial charge is 0.227 e. The summed E-state index contributed by atoms with van der Waals surface area (Å²) in [6.07, 6.45) is 0. The first-order valence-corrected chi connectivity index (χ1v) is 12.6. The minimum atomic E-state index is 0.441. The zero-order chi connectivity index (χ0) is 22.5. The van der Waals surface area contributed by atoms with Crippen LogP contribution in [0.2, 0.25) is 5.15 Å². The van der Waals surface area contributed by atoms with E-state index in [0.29, 0.717) is 17.1 Å². The van der Waals surface area contributed by atoms with Crippen molar-refractivity contribution in [1.82, 2.24) is 25.2 Å². The van der Waals surface area contributed by atoms with Crippen LogP contribution in [0.3, 0.4) is 0 Å². The Morgan fingerprint density at radius 2 is 1.88 bits per heavy atom. The Morgan fingerprint density at radius 1 is 1.03 bits per heavy atom. The van der Waals surface area contributed by atoms with Crippen LogP contribution in [0.5, 0.6) is 0 Å². The summed E-state index contributed by atoms with van der Waals surface area (Å²) < 4.78 is 1.29. The molecule has 0 bridgehead atoms. The van der Waals surface area contributed by atoms with Gasteiger partial charge in [0.15, 0.2) is 0 Å². The van der Waals surface area contributed by atoms with Crippen molar-refractivity contribution in [2.24, 2.45) is 0 Å². The molecule has 1 fully saturated rings. The topological polar surface area (TPSA) is 69.2 Å². The molecule has 0 aliphatic carbocycles. The summed E-state index contributed by atoms with van der Waals surface area (Å²) in [6, 6.07) is 10.8. The highest BCUT2D eigenvalue weighted by Gasteiger charge is 2.21. The normalized spacial score (nSPS) is 19.5. The lowest BCUT2D eigenvalue weighted by molar-refractivity contribution is 0.311. The SMILES string of the molecule is C[C@@H]1CNc2c(sc3ccc4nc(-c5cc(Cl)nc(N6CCN(C)CC6)n5)ccc4c23)CN1. The number of rotatable bonds is 2. The first kappa shape index (κ1) is 21.0. The Labute approximate surface area is 201 Å². The number of anilines is 2. The van der Waals surface area contributed by atoms with E-state index in [-0.39, 0.29) is 0 Å². The summed E-state index contributed by atoms with van der Waals surface area (Å²) in [6.45, 7) is 7.78. The molecule has 1 aromatic carbocycles. The highest BCUT2D eigenvalue weighted by atomic mass is 35.5. The summed E-state index contributed by atoms with van der Waals surface area (Å²) >= 11 is 8.26. The maximum absolute atomic E-state index is 6.41. The largest absolute Gasteiger partial charge is 0.382 e. The third-order valence-corrected chi connectivity index (χ3v) is 7.87. The second kappa shape index (κ2) is 8.36. The first-order valence-electron chi connectivity index (χ1n) is 11.4. The number of fused-ring (bicyclic) bond motifs is 5. The quantitative estimate of drug-likeness (QED) is 0.417. The fourth-order valence-corrected chi connectivity index (χ4v) is 5.91. The van der Waals surface area contributed by atoms with Gasteiger partial charge in [0.2, 0.25) is 5.95 Å². The molecule has 2 aliphatic heterocycles. The summed E-state index contributed by atoms with van der Waals surface area (Å²) in [5.74, 6) is 0.678. The number of piperazine rings is 1. The van der Waals surface area contributed by atoms with Crippen LogP contribution in [0.15, 0.2) is 30.3 Å². The summed E-state index contributed by atoms with van der Waals surface area (Å²) in [5.41, 5.74) is 3.77. The van der Waals surface area contributed by atoms with Crippen LogP contribution < -0.4 is 15.5 Å². The van der Waals surface area contributed by atoms with Crippen molar-refractivity contribution in [3.63, 3.8) is 0 Å². The molecule has 5 heterocycles. The molecule has 0 unspecified atom stereocenters. The van der Waals surface area contributed by atoms with Gasteiger partial charge < -0.3 is 20.4 Å². The fourth-order valence-electron chi connectivity index (χ4n) is 4.58. The van der Waals surface area contributed by atoms with Gasteiger partial charge in [0, 0.05) is 71.7 Å². The molecular formula is C24H26ClN7S. The number of aromatic nitrogens is 3. The van der Waals surface area contributed by atoms with Crippen LogP contribution in [0, 0.1) is 0 Å².